The molecule has 0 atom stereocenters. The molecule has 0 bridgehead atoms. The van der Waals surface area contributed by atoms with Gasteiger partial charge in [0.2, 0.25) is 0 Å². The van der Waals surface area contributed by atoms with Crippen molar-refractivity contribution in [2.45, 2.75) is 6.92 Å². The van der Waals surface area contributed by atoms with Gasteiger partial charge in [-0.25, -0.2) is 4.79 Å². The van der Waals surface area contributed by atoms with E-state index in [4.69, 9.17) is 9.47 Å². The zero-order valence-corrected chi connectivity index (χ0v) is 14.7. The van der Waals surface area contributed by atoms with Crippen LogP contribution < -0.4 is 20.5 Å². The molecule has 7 nitrogen and oxygen atoms in total. The van der Waals surface area contributed by atoms with E-state index in [2.05, 4.69) is 15.3 Å². The standard InChI is InChI=1S/C19H19N3O4/c1-4-5-11-8-12(9-16(25-2)17(11)26-3)18(23)20-13-6-7-14-15(10-13)22-19(24)21-14/h4-10H,1-3H3,(H,20,23)(H2,21,22,24). The van der Waals surface area contributed by atoms with Gasteiger partial charge < -0.3 is 24.8 Å². The Morgan fingerprint density at radius 1 is 1.08 bits per heavy atom. The highest BCUT2D eigenvalue weighted by molar-refractivity contribution is 6.05. The Balaban J connectivity index is 1.95. The van der Waals surface area contributed by atoms with Crippen LogP contribution in [0, 0.1) is 0 Å². The molecule has 0 saturated heterocycles. The Kier molecular flexibility index (Phi) is 4.79. The highest BCUT2D eigenvalue weighted by Crippen LogP contribution is 2.33. The average molecular weight is 353 g/mol. The van der Waals surface area contributed by atoms with Crippen molar-refractivity contribution < 1.29 is 14.3 Å². The first-order valence-corrected chi connectivity index (χ1v) is 7.98. The average Bonchev–Trinajstić information content (AvgIpc) is 3.00. The molecule has 0 fully saturated rings. The number of anilines is 1. The third kappa shape index (κ3) is 3.32. The Morgan fingerprint density at radius 3 is 2.54 bits per heavy atom. The lowest BCUT2D eigenvalue weighted by atomic mass is 10.1. The third-order valence-electron chi connectivity index (χ3n) is 3.89. The number of allylic oxidation sites excluding steroid dienone is 1. The third-order valence-corrected chi connectivity index (χ3v) is 3.89. The van der Waals surface area contributed by atoms with E-state index in [1.165, 1.54) is 7.11 Å². The van der Waals surface area contributed by atoms with E-state index < -0.39 is 0 Å². The lowest BCUT2D eigenvalue weighted by molar-refractivity contribution is 0.102. The van der Waals surface area contributed by atoms with Crippen molar-refractivity contribution in [3.63, 3.8) is 0 Å². The number of amides is 1. The Morgan fingerprint density at radius 2 is 1.85 bits per heavy atom. The van der Waals surface area contributed by atoms with E-state index in [-0.39, 0.29) is 11.6 Å². The number of aromatic nitrogens is 2. The molecule has 0 unspecified atom stereocenters. The summed E-state index contributed by atoms with van der Waals surface area (Å²) in [6.45, 7) is 1.88. The summed E-state index contributed by atoms with van der Waals surface area (Å²) in [5.41, 5.74) is 2.74. The fourth-order valence-corrected chi connectivity index (χ4v) is 2.74. The van der Waals surface area contributed by atoms with Crippen LogP contribution in [0.5, 0.6) is 11.5 Å². The first kappa shape index (κ1) is 17.3. The van der Waals surface area contributed by atoms with Gasteiger partial charge in [-0.3, -0.25) is 4.79 Å². The maximum atomic E-state index is 12.7. The maximum Gasteiger partial charge on any atom is 0.323 e. The fourth-order valence-electron chi connectivity index (χ4n) is 2.74. The van der Waals surface area contributed by atoms with Gasteiger partial charge in [0.1, 0.15) is 0 Å². The van der Waals surface area contributed by atoms with Crippen LogP contribution in [0.15, 0.2) is 41.2 Å². The topological polar surface area (TPSA) is 96.2 Å². The number of nitrogens with one attached hydrogen (secondary N) is 3. The lowest BCUT2D eigenvalue weighted by Gasteiger charge is -2.13. The molecule has 134 valence electrons. The van der Waals surface area contributed by atoms with Crippen molar-refractivity contribution in [1.82, 2.24) is 9.97 Å². The maximum absolute atomic E-state index is 12.7. The van der Waals surface area contributed by atoms with Gasteiger partial charge >= 0.3 is 5.69 Å². The van der Waals surface area contributed by atoms with Crippen LogP contribution in [0.3, 0.4) is 0 Å². The number of H-pyrrole nitrogens is 2. The van der Waals surface area contributed by atoms with Crippen molar-refractivity contribution in [1.29, 1.82) is 0 Å². The van der Waals surface area contributed by atoms with Crippen molar-refractivity contribution in [2.24, 2.45) is 0 Å². The van der Waals surface area contributed by atoms with E-state index in [1.807, 2.05) is 19.1 Å². The first-order valence-electron chi connectivity index (χ1n) is 7.98. The second kappa shape index (κ2) is 7.18. The van der Waals surface area contributed by atoms with E-state index >= 15 is 0 Å². The van der Waals surface area contributed by atoms with Crippen LogP contribution in [-0.2, 0) is 0 Å². The summed E-state index contributed by atoms with van der Waals surface area (Å²) in [7, 11) is 3.08. The van der Waals surface area contributed by atoms with Crippen LogP contribution in [-0.4, -0.2) is 30.1 Å². The highest BCUT2D eigenvalue weighted by atomic mass is 16.5. The van der Waals surface area contributed by atoms with Gasteiger partial charge in [0, 0.05) is 16.8 Å². The predicted molar refractivity (Wildman–Crippen MR) is 101 cm³/mol. The molecule has 26 heavy (non-hydrogen) atoms. The summed E-state index contributed by atoms with van der Waals surface area (Å²) < 4.78 is 10.7. The first-order chi connectivity index (χ1) is 12.5. The van der Waals surface area contributed by atoms with E-state index in [9.17, 15) is 9.59 Å². The predicted octanol–water partition coefficient (Wildman–Crippen LogP) is 3.16. The molecule has 3 rings (SSSR count). The molecule has 3 aromatic rings. The number of benzene rings is 2. The highest BCUT2D eigenvalue weighted by Gasteiger charge is 2.15. The van der Waals surface area contributed by atoms with Gasteiger partial charge in [-0.15, -0.1) is 0 Å². The molecule has 1 heterocycles. The number of fused-ring (bicyclic) bond motifs is 1. The van der Waals surface area contributed by atoms with Crippen LogP contribution in [0.2, 0.25) is 0 Å². The molecule has 3 N–H and O–H groups in total. The summed E-state index contributed by atoms with van der Waals surface area (Å²) in [6, 6.07) is 8.49. The van der Waals surface area contributed by atoms with Crippen molar-refractivity contribution >= 4 is 28.7 Å². The SMILES string of the molecule is CC=Cc1cc(C(=O)Nc2ccc3[nH]c(=O)[nH]c3c2)cc(OC)c1OC. The summed E-state index contributed by atoms with van der Waals surface area (Å²) in [4.78, 5) is 29.3. The Hall–Kier alpha value is -3.48. The minimum Gasteiger partial charge on any atom is -0.493 e. The van der Waals surface area contributed by atoms with Gasteiger partial charge in [-0.2, -0.15) is 0 Å². The van der Waals surface area contributed by atoms with Gasteiger partial charge in [0.25, 0.3) is 5.91 Å². The molecule has 1 aromatic heterocycles. The molecule has 0 radical (unpaired) electrons. The summed E-state index contributed by atoms with van der Waals surface area (Å²) in [5, 5.41) is 2.82. The smallest absolute Gasteiger partial charge is 0.323 e. The summed E-state index contributed by atoms with van der Waals surface area (Å²) in [6.07, 6.45) is 3.70. The van der Waals surface area contributed by atoms with Crippen LogP contribution in [0.25, 0.3) is 17.1 Å². The largest absolute Gasteiger partial charge is 0.493 e. The quantitative estimate of drug-likeness (QED) is 0.656. The molecule has 0 saturated carbocycles. The number of ether oxygens (including phenoxy) is 2. The molecular weight excluding hydrogens is 334 g/mol. The lowest BCUT2D eigenvalue weighted by Crippen LogP contribution is -2.12. The zero-order valence-electron chi connectivity index (χ0n) is 14.7. The molecule has 2 aromatic carbocycles. The van der Waals surface area contributed by atoms with E-state index in [0.29, 0.717) is 33.8 Å². The second-order valence-electron chi connectivity index (χ2n) is 5.59. The Labute approximate surface area is 149 Å². The van der Waals surface area contributed by atoms with Crippen LogP contribution in [0.4, 0.5) is 5.69 Å². The number of carbonyl (C=O) groups is 1. The molecule has 0 aliphatic carbocycles. The van der Waals surface area contributed by atoms with Gasteiger partial charge in [-0.1, -0.05) is 12.2 Å². The van der Waals surface area contributed by atoms with E-state index in [1.54, 1.807) is 37.4 Å². The molecular formula is C19H19N3O4. The minimum atomic E-state index is -0.297. The number of rotatable bonds is 5. The van der Waals surface area contributed by atoms with Crippen LogP contribution in [0.1, 0.15) is 22.8 Å². The number of carbonyl (C=O) groups excluding carboxylic acids is 1. The van der Waals surface area contributed by atoms with E-state index in [0.717, 1.165) is 5.56 Å². The number of aromatic amines is 2. The number of imidazole rings is 1. The summed E-state index contributed by atoms with van der Waals surface area (Å²) in [5.74, 6) is 0.737. The normalized spacial score (nSPS) is 11.0. The molecule has 0 spiro atoms. The number of hydrogen-bond acceptors (Lipinski definition) is 4. The van der Waals surface area contributed by atoms with Gasteiger partial charge in [0.05, 0.1) is 25.3 Å². The molecule has 0 aliphatic rings. The number of hydrogen-bond donors (Lipinski definition) is 3. The summed E-state index contributed by atoms with van der Waals surface area (Å²) >= 11 is 0. The van der Waals surface area contributed by atoms with Crippen molar-refractivity contribution in [3.05, 3.63) is 58.0 Å². The van der Waals surface area contributed by atoms with Crippen molar-refractivity contribution in [2.75, 3.05) is 19.5 Å². The van der Waals surface area contributed by atoms with Gasteiger partial charge in [0.15, 0.2) is 11.5 Å². The van der Waals surface area contributed by atoms with Crippen LogP contribution >= 0.6 is 0 Å². The minimum absolute atomic E-state index is 0.292. The second-order valence-corrected chi connectivity index (χ2v) is 5.59. The molecule has 7 heteroatoms. The molecule has 0 aliphatic heterocycles. The van der Waals surface area contributed by atoms with Gasteiger partial charge in [-0.05, 0) is 37.3 Å². The molecule has 1 amide bonds. The number of methoxy groups -OCH3 is 2. The Bertz CT molecular complexity index is 1050. The zero-order chi connectivity index (χ0) is 18.7. The fraction of sp³-hybridized carbons (Fsp3) is 0.158. The monoisotopic (exact) mass is 353 g/mol. The van der Waals surface area contributed by atoms with Crippen molar-refractivity contribution in [3.8, 4) is 11.5 Å².